The van der Waals surface area contributed by atoms with Gasteiger partial charge < -0.3 is 5.32 Å². The minimum atomic E-state index is 0.977. The Labute approximate surface area is 74.8 Å². The highest BCUT2D eigenvalue weighted by atomic mass is 14.8. The first-order chi connectivity index (χ1) is 5.79. The third kappa shape index (κ3) is 1.86. The Kier molecular flexibility index (Phi) is 3.30. The molecule has 1 N–H and O–H groups in total. The number of hydrogen-bond donors (Lipinski definition) is 1. The van der Waals surface area contributed by atoms with Crippen molar-refractivity contribution in [3.05, 3.63) is 34.9 Å². The van der Waals surface area contributed by atoms with E-state index in [4.69, 9.17) is 0 Å². The molecule has 0 saturated heterocycles. The molecule has 0 amide bonds. The van der Waals surface area contributed by atoms with Crippen molar-refractivity contribution in [1.82, 2.24) is 5.32 Å². The van der Waals surface area contributed by atoms with E-state index in [1.165, 1.54) is 16.7 Å². The minimum absolute atomic E-state index is 0.977. The summed E-state index contributed by atoms with van der Waals surface area (Å²) in [4.78, 5) is 0. The minimum Gasteiger partial charge on any atom is -0.316 e. The summed E-state index contributed by atoms with van der Waals surface area (Å²) < 4.78 is 0. The average Bonchev–Trinajstić information content (AvgIpc) is 2.05. The van der Waals surface area contributed by atoms with Gasteiger partial charge in [-0.3, -0.25) is 0 Å². The van der Waals surface area contributed by atoms with Gasteiger partial charge in [-0.05, 0) is 37.1 Å². The van der Waals surface area contributed by atoms with E-state index in [-0.39, 0.29) is 0 Å². The summed E-state index contributed by atoms with van der Waals surface area (Å²) >= 11 is 0. The van der Waals surface area contributed by atoms with Crippen LogP contribution in [0.25, 0.3) is 0 Å². The lowest BCUT2D eigenvalue weighted by atomic mass is 10.00. The maximum atomic E-state index is 3.19. The predicted molar refractivity (Wildman–Crippen MR) is 53.3 cm³/mol. The Morgan fingerprint density at radius 1 is 1.33 bits per heavy atom. The molecule has 1 rings (SSSR count). The molecule has 0 heterocycles. The van der Waals surface area contributed by atoms with E-state index in [2.05, 4.69) is 37.4 Å². The Hall–Kier alpha value is -0.820. The van der Waals surface area contributed by atoms with Crippen LogP contribution in [-0.2, 0) is 13.0 Å². The monoisotopic (exact) mass is 163 g/mol. The number of rotatable bonds is 3. The van der Waals surface area contributed by atoms with Crippen LogP contribution < -0.4 is 5.32 Å². The van der Waals surface area contributed by atoms with Gasteiger partial charge in [0.15, 0.2) is 0 Å². The third-order valence-electron chi connectivity index (χ3n) is 2.23. The van der Waals surface area contributed by atoms with Crippen molar-refractivity contribution in [2.45, 2.75) is 26.8 Å². The summed E-state index contributed by atoms with van der Waals surface area (Å²) in [5.74, 6) is 0. The fraction of sp³-hybridized carbons (Fsp3) is 0.455. The average molecular weight is 163 g/mol. The number of aryl methyl sites for hydroxylation is 1. The van der Waals surface area contributed by atoms with Crippen LogP contribution in [0.4, 0.5) is 0 Å². The Balaban J connectivity index is 3.00. The molecule has 0 aliphatic rings. The van der Waals surface area contributed by atoms with E-state index in [1.54, 1.807) is 0 Å². The van der Waals surface area contributed by atoms with E-state index >= 15 is 0 Å². The summed E-state index contributed by atoms with van der Waals surface area (Å²) in [5.41, 5.74) is 4.33. The number of nitrogens with one attached hydrogen (secondary N) is 1. The molecule has 0 aliphatic heterocycles. The maximum absolute atomic E-state index is 3.19. The van der Waals surface area contributed by atoms with E-state index in [0.717, 1.165) is 13.0 Å². The fourth-order valence-electron chi connectivity index (χ4n) is 1.63. The standard InChI is InChI=1S/C11H17N/c1-4-11-9(2)6-5-7-10(11)8-12-3/h5-7,12H,4,8H2,1-3H3. The summed E-state index contributed by atoms with van der Waals surface area (Å²) in [7, 11) is 1.99. The van der Waals surface area contributed by atoms with Gasteiger partial charge in [0.25, 0.3) is 0 Å². The first-order valence-electron chi connectivity index (χ1n) is 4.51. The van der Waals surface area contributed by atoms with Gasteiger partial charge in [0.2, 0.25) is 0 Å². The molecule has 0 spiro atoms. The van der Waals surface area contributed by atoms with E-state index in [9.17, 15) is 0 Å². The zero-order valence-electron chi connectivity index (χ0n) is 8.15. The molecular weight excluding hydrogens is 146 g/mol. The van der Waals surface area contributed by atoms with Crippen molar-refractivity contribution in [3.8, 4) is 0 Å². The van der Waals surface area contributed by atoms with Crippen LogP contribution in [0, 0.1) is 6.92 Å². The molecule has 0 saturated carbocycles. The smallest absolute Gasteiger partial charge is 0.0205 e. The molecule has 1 heteroatoms. The van der Waals surface area contributed by atoms with Crippen LogP contribution in [0.15, 0.2) is 18.2 Å². The molecule has 1 nitrogen and oxygen atoms in total. The second-order valence-electron chi connectivity index (χ2n) is 3.10. The lowest BCUT2D eigenvalue weighted by Gasteiger charge is -2.09. The van der Waals surface area contributed by atoms with Crippen LogP contribution >= 0.6 is 0 Å². The molecule has 0 fully saturated rings. The van der Waals surface area contributed by atoms with Crippen molar-refractivity contribution in [1.29, 1.82) is 0 Å². The van der Waals surface area contributed by atoms with E-state index in [0.29, 0.717) is 0 Å². The zero-order valence-corrected chi connectivity index (χ0v) is 8.15. The molecule has 12 heavy (non-hydrogen) atoms. The quantitative estimate of drug-likeness (QED) is 0.721. The summed E-state index contributed by atoms with van der Waals surface area (Å²) in [6, 6.07) is 6.50. The molecular formula is C11H17N. The second kappa shape index (κ2) is 4.27. The van der Waals surface area contributed by atoms with Gasteiger partial charge >= 0.3 is 0 Å². The van der Waals surface area contributed by atoms with Gasteiger partial charge in [-0.1, -0.05) is 25.1 Å². The highest BCUT2D eigenvalue weighted by Gasteiger charge is 2.01. The van der Waals surface area contributed by atoms with E-state index < -0.39 is 0 Å². The van der Waals surface area contributed by atoms with Crippen molar-refractivity contribution in [2.24, 2.45) is 0 Å². The number of hydrogen-bond acceptors (Lipinski definition) is 1. The van der Waals surface area contributed by atoms with Gasteiger partial charge in [-0.25, -0.2) is 0 Å². The van der Waals surface area contributed by atoms with Crippen molar-refractivity contribution < 1.29 is 0 Å². The third-order valence-corrected chi connectivity index (χ3v) is 2.23. The molecule has 0 bridgehead atoms. The SMILES string of the molecule is CCc1c(C)cccc1CNC. The van der Waals surface area contributed by atoms with E-state index in [1.807, 2.05) is 7.05 Å². The summed E-state index contributed by atoms with van der Waals surface area (Å²) in [5, 5.41) is 3.19. The van der Waals surface area contributed by atoms with Gasteiger partial charge in [0.05, 0.1) is 0 Å². The van der Waals surface area contributed by atoms with Crippen LogP contribution in [-0.4, -0.2) is 7.05 Å². The maximum Gasteiger partial charge on any atom is 0.0205 e. The zero-order chi connectivity index (χ0) is 8.97. The Bertz CT molecular complexity index is 253. The number of benzene rings is 1. The first kappa shape index (κ1) is 9.27. The lowest BCUT2D eigenvalue weighted by Crippen LogP contribution is -2.08. The normalized spacial score (nSPS) is 10.2. The highest BCUT2D eigenvalue weighted by molar-refractivity contribution is 5.34. The molecule has 1 aromatic rings. The lowest BCUT2D eigenvalue weighted by molar-refractivity contribution is 0.803. The Morgan fingerprint density at radius 3 is 2.67 bits per heavy atom. The van der Waals surface area contributed by atoms with Crippen molar-refractivity contribution in [2.75, 3.05) is 7.05 Å². The van der Waals surface area contributed by atoms with Crippen LogP contribution in [0.3, 0.4) is 0 Å². The summed E-state index contributed by atoms with van der Waals surface area (Å²) in [6.45, 7) is 5.37. The molecule has 0 aromatic heterocycles. The first-order valence-corrected chi connectivity index (χ1v) is 4.51. The Morgan fingerprint density at radius 2 is 2.08 bits per heavy atom. The predicted octanol–water partition coefficient (Wildman–Crippen LogP) is 2.28. The second-order valence-corrected chi connectivity index (χ2v) is 3.10. The molecule has 0 unspecified atom stereocenters. The molecule has 1 aromatic carbocycles. The molecule has 0 radical (unpaired) electrons. The highest BCUT2D eigenvalue weighted by Crippen LogP contribution is 2.14. The van der Waals surface area contributed by atoms with Crippen LogP contribution in [0.5, 0.6) is 0 Å². The van der Waals surface area contributed by atoms with Gasteiger partial charge in [0.1, 0.15) is 0 Å². The van der Waals surface area contributed by atoms with Gasteiger partial charge in [-0.2, -0.15) is 0 Å². The molecule has 0 atom stereocenters. The van der Waals surface area contributed by atoms with Crippen LogP contribution in [0.2, 0.25) is 0 Å². The van der Waals surface area contributed by atoms with Crippen molar-refractivity contribution in [3.63, 3.8) is 0 Å². The molecule has 66 valence electrons. The largest absolute Gasteiger partial charge is 0.316 e. The van der Waals surface area contributed by atoms with Gasteiger partial charge in [-0.15, -0.1) is 0 Å². The van der Waals surface area contributed by atoms with Gasteiger partial charge in [0, 0.05) is 6.54 Å². The molecule has 0 aliphatic carbocycles. The van der Waals surface area contributed by atoms with Crippen molar-refractivity contribution >= 4 is 0 Å². The summed E-state index contributed by atoms with van der Waals surface area (Å²) in [6.07, 6.45) is 1.13. The fourth-order valence-corrected chi connectivity index (χ4v) is 1.63. The topological polar surface area (TPSA) is 12.0 Å². The van der Waals surface area contributed by atoms with Crippen LogP contribution in [0.1, 0.15) is 23.6 Å².